The number of ether oxygens (including phenoxy) is 1. The maximum absolute atomic E-state index is 11.1. The van der Waals surface area contributed by atoms with E-state index in [1.165, 1.54) is 4.90 Å². The van der Waals surface area contributed by atoms with Crippen molar-refractivity contribution in [2.24, 2.45) is 11.7 Å². The number of nitrogens with two attached hydrogens (primary N) is 1. The molecule has 0 unspecified atom stereocenters. The minimum Gasteiger partial charge on any atom is -0.494 e. The summed E-state index contributed by atoms with van der Waals surface area (Å²) < 4.78 is 5.64. The van der Waals surface area contributed by atoms with Crippen molar-refractivity contribution in [2.45, 2.75) is 19.3 Å². The smallest absolute Gasteiger partial charge is 0.407 e. The van der Waals surface area contributed by atoms with E-state index in [4.69, 9.17) is 15.6 Å². The number of rotatable bonds is 5. The SMILES string of the molecule is NC(=O)c1cccc(OCCC2CCN(C(=O)O)CC2)c1. The molecule has 1 aromatic rings. The van der Waals surface area contributed by atoms with Crippen molar-refractivity contribution in [1.29, 1.82) is 0 Å². The van der Waals surface area contributed by atoms with E-state index in [9.17, 15) is 9.59 Å². The van der Waals surface area contributed by atoms with Gasteiger partial charge >= 0.3 is 6.09 Å². The van der Waals surface area contributed by atoms with Gasteiger partial charge in [-0.2, -0.15) is 0 Å². The van der Waals surface area contributed by atoms with Crippen LogP contribution in [-0.2, 0) is 0 Å². The summed E-state index contributed by atoms with van der Waals surface area (Å²) in [5.74, 6) is 0.649. The van der Waals surface area contributed by atoms with Gasteiger partial charge in [0.05, 0.1) is 6.61 Å². The Morgan fingerprint density at radius 2 is 2.05 bits per heavy atom. The number of hydrogen-bond donors (Lipinski definition) is 2. The van der Waals surface area contributed by atoms with E-state index in [1.54, 1.807) is 24.3 Å². The molecular weight excluding hydrogens is 272 g/mol. The zero-order valence-corrected chi connectivity index (χ0v) is 11.8. The van der Waals surface area contributed by atoms with Crippen LogP contribution in [0.15, 0.2) is 24.3 Å². The first-order valence-corrected chi connectivity index (χ1v) is 7.07. The molecule has 6 heteroatoms. The maximum atomic E-state index is 11.1. The number of nitrogens with zero attached hydrogens (tertiary/aromatic N) is 1. The van der Waals surface area contributed by atoms with E-state index < -0.39 is 12.0 Å². The monoisotopic (exact) mass is 292 g/mol. The maximum Gasteiger partial charge on any atom is 0.407 e. The average Bonchev–Trinajstić information content (AvgIpc) is 2.48. The van der Waals surface area contributed by atoms with Crippen molar-refractivity contribution >= 4 is 12.0 Å². The topological polar surface area (TPSA) is 92.9 Å². The number of carbonyl (C=O) groups excluding carboxylic acids is 1. The zero-order chi connectivity index (χ0) is 15.2. The normalized spacial score (nSPS) is 15.7. The van der Waals surface area contributed by atoms with Crippen LogP contribution >= 0.6 is 0 Å². The molecular formula is C15H20N2O4. The lowest BCUT2D eigenvalue weighted by atomic mass is 9.94. The number of carbonyl (C=O) groups is 2. The van der Waals surface area contributed by atoms with Gasteiger partial charge in [0, 0.05) is 18.7 Å². The molecule has 0 saturated carbocycles. The molecule has 1 heterocycles. The van der Waals surface area contributed by atoms with Gasteiger partial charge in [0.25, 0.3) is 0 Å². The van der Waals surface area contributed by atoms with E-state index >= 15 is 0 Å². The third-order valence-electron chi connectivity index (χ3n) is 3.80. The van der Waals surface area contributed by atoms with Crippen molar-refractivity contribution < 1.29 is 19.4 Å². The molecule has 2 amide bonds. The van der Waals surface area contributed by atoms with Crippen LogP contribution in [0.3, 0.4) is 0 Å². The second kappa shape index (κ2) is 6.97. The number of likely N-dealkylation sites (tertiary alicyclic amines) is 1. The molecule has 0 atom stereocenters. The average molecular weight is 292 g/mol. The van der Waals surface area contributed by atoms with E-state index in [0.717, 1.165) is 19.3 Å². The fraction of sp³-hybridized carbons (Fsp3) is 0.467. The molecule has 1 aliphatic heterocycles. The summed E-state index contributed by atoms with van der Waals surface area (Å²) in [6.07, 6.45) is 1.79. The predicted octanol–water partition coefficient (Wildman–Crippen LogP) is 1.94. The molecule has 1 aromatic carbocycles. The highest BCUT2D eigenvalue weighted by molar-refractivity contribution is 5.93. The third-order valence-corrected chi connectivity index (χ3v) is 3.80. The summed E-state index contributed by atoms with van der Waals surface area (Å²) in [6, 6.07) is 6.81. The Labute approximate surface area is 123 Å². The highest BCUT2D eigenvalue weighted by Gasteiger charge is 2.21. The van der Waals surface area contributed by atoms with Gasteiger partial charge in [0.1, 0.15) is 5.75 Å². The summed E-state index contributed by atoms with van der Waals surface area (Å²) in [4.78, 5) is 23.3. The third kappa shape index (κ3) is 4.37. The highest BCUT2D eigenvalue weighted by Crippen LogP contribution is 2.21. The second-order valence-corrected chi connectivity index (χ2v) is 5.24. The Bertz CT molecular complexity index is 510. The van der Waals surface area contributed by atoms with E-state index in [-0.39, 0.29) is 0 Å². The molecule has 0 bridgehead atoms. The summed E-state index contributed by atoms with van der Waals surface area (Å²) in [5.41, 5.74) is 5.65. The lowest BCUT2D eigenvalue weighted by Gasteiger charge is -2.29. The number of amides is 2. The lowest BCUT2D eigenvalue weighted by Crippen LogP contribution is -2.37. The molecule has 114 valence electrons. The van der Waals surface area contributed by atoms with E-state index in [2.05, 4.69) is 0 Å². The van der Waals surface area contributed by atoms with Crippen LogP contribution in [0.25, 0.3) is 0 Å². The molecule has 6 nitrogen and oxygen atoms in total. The fourth-order valence-corrected chi connectivity index (χ4v) is 2.50. The second-order valence-electron chi connectivity index (χ2n) is 5.24. The van der Waals surface area contributed by atoms with Gasteiger partial charge in [-0.1, -0.05) is 6.07 Å². The van der Waals surface area contributed by atoms with Gasteiger partial charge < -0.3 is 20.5 Å². The highest BCUT2D eigenvalue weighted by atomic mass is 16.5. The predicted molar refractivity (Wildman–Crippen MR) is 77.4 cm³/mol. The molecule has 3 N–H and O–H groups in total. The van der Waals surface area contributed by atoms with Crippen LogP contribution in [0, 0.1) is 5.92 Å². The van der Waals surface area contributed by atoms with Gasteiger partial charge in [0.2, 0.25) is 5.91 Å². The minimum absolute atomic E-state index is 0.433. The van der Waals surface area contributed by atoms with Crippen LogP contribution in [0.5, 0.6) is 5.75 Å². The van der Waals surface area contributed by atoms with Crippen LogP contribution in [0.4, 0.5) is 4.79 Å². The molecule has 21 heavy (non-hydrogen) atoms. The Balaban J connectivity index is 1.74. The number of primary amides is 1. The number of hydrogen-bond acceptors (Lipinski definition) is 3. The number of benzene rings is 1. The van der Waals surface area contributed by atoms with Crippen LogP contribution in [0.1, 0.15) is 29.6 Å². The molecule has 0 aromatic heterocycles. The summed E-state index contributed by atoms with van der Waals surface area (Å²) in [7, 11) is 0. The van der Waals surface area contributed by atoms with Crippen LogP contribution in [-0.4, -0.2) is 41.7 Å². The Morgan fingerprint density at radius 3 is 2.67 bits per heavy atom. The first kappa shape index (κ1) is 15.2. The zero-order valence-electron chi connectivity index (χ0n) is 11.8. The van der Waals surface area contributed by atoms with Crippen molar-refractivity contribution in [2.75, 3.05) is 19.7 Å². The molecule has 0 spiro atoms. The van der Waals surface area contributed by atoms with Gasteiger partial charge in [-0.25, -0.2) is 4.79 Å². The molecule has 1 aliphatic rings. The van der Waals surface area contributed by atoms with Crippen molar-refractivity contribution in [3.63, 3.8) is 0 Å². The lowest BCUT2D eigenvalue weighted by molar-refractivity contribution is 0.0999. The van der Waals surface area contributed by atoms with Crippen LogP contribution < -0.4 is 10.5 Å². The summed E-state index contributed by atoms with van der Waals surface area (Å²) >= 11 is 0. The molecule has 2 rings (SSSR count). The first-order valence-electron chi connectivity index (χ1n) is 7.07. The Kier molecular flexibility index (Phi) is 5.03. The van der Waals surface area contributed by atoms with Gasteiger partial charge in [0.15, 0.2) is 0 Å². The quantitative estimate of drug-likeness (QED) is 0.867. The Hall–Kier alpha value is -2.24. The van der Waals surface area contributed by atoms with Gasteiger partial charge in [-0.15, -0.1) is 0 Å². The molecule has 1 fully saturated rings. The summed E-state index contributed by atoms with van der Waals surface area (Å²) in [6.45, 7) is 1.74. The van der Waals surface area contributed by atoms with Crippen LogP contribution in [0.2, 0.25) is 0 Å². The molecule has 0 radical (unpaired) electrons. The number of piperidine rings is 1. The van der Waals surface area contributed by atoms with Gasteiger partial charge in [-0.3, -0.25) is 4.79 Å². The van der Waals surface area contributed by atoms with Crippen molar-refractivity contribution in [1.82, 2.24) is 4.90 Å². The standard InChI is InChI=1S/C15H20N2O4/c16-14(18)12-2-1-3-13(10-12)21-9-6-11-4-7-17(8-5-11)15(19)20/h1-3,10-11H,4-9H2,(H2,16,18)(H,19,20). The number of carboxylic acid groups (broad SMARTS) is 1. The van der Waals surface area contributed by atoms with E-state index in [1.807, 2.05) is 0 Å². The molecule has 1 saturated heterocycles. The first-order chi connectivity index (χ1) is 10.1. The largest absolute Gasteiger partial charge is 0.494 e. The minimum atomic E-state index is -0.840. The fourth-order valence-electron chi connectivity index (χ4n) is 2.50. The van der Waals surface area contributed by atoms with E-state index in [0.29, 0.717) is 36.9 Å². The summed E-state index contributed by atoms with van der Waals surface area (Å²) in [5, 5.41) is 8.88. The van der Waals surface area contributed by atoms with Crippen molar-refractivity contribution in [3.05, 3.63) is 29.8 Å². The Morgan fingerprint density at radius 1 is 1.33 bits per heavy atom. The van der Waals surface area contributed by atoms with Crippen molar-refractivity contribution in [3.8, 4) is 5.75 Å². The molecule has 0 aliphatic carbocycles. The van der Waals surface area contributed by atoms with Gasteiger partial charge in [-0.05, 0) is 43.4 Å².